The van der Waals surface area contributed by atoms with Crippen molar-refractivity contribution in [3.63, 3.8) is 0 Å². The molecular formula is C21H24F2N4O. The molecule has 0 spiro atoms. The predicted molar refractivity (Wildman–Crippen MR) is 107 cm³/mol. The van der Waals surface area contributed by atoms with E-state index in [4.69, 9.17) is 0 Å². The number of halogens is 2. The lowest BCUT2D eigenvalue weighted by atomic mass is 10.1. The van der Waals surface area contributed by atoms with Crippen molar-refractivity contribution in [2.75, 3.05) is 31.1 Å². The van der Waals surface area contributed by atoms with E-state index >= 15 is 0 Å². The largest absolute Gasteiger partial charge is 0.369 e. The second-order valence-corrected chi connectivity index (χ2v) is 7.38. The summed E-state index contributed by atoms with van der Waals surface area (Å²) in [5.74, 6) is -0.570. The van der Waals surface area contributed by atoms with Crippen molar-refractivity contribution in [3.8, 4) is 0 Å². The van der Waals surface area contributed by atoms with Crippen molar-refractivity contribution in [2.45, 2.75) is 25.9 Å². The molecule has 28 heavy (non-hydrogen) atoms. The molecule has 0 radical (unpaired) electrons. The maximum Gasteiger partial charge on any atom is 0.326 e. The first-order valence-corrected chi connectivity index (χ1v) is 9.64. The van der Waals surface area contributed by atoms with Crippen LogP contribution in [-0.2, 0) is 6.54 Å². The van der Waals surface area contributed by atoms with Gasteiger partial charge in [-0.2, -0.15) is 0 Å². The van der Waals surface area contributed by atoms with Crippen LogP contribution in [0.4, 0.5) is 14.5 Å². The Morgan fingerprint density at radius 1 is 1.00 bits per heavy atom. The van der Waals surface area contributed by atoms with Crippen LogP contribution in [-0.4, -0.2) is 46.7 Å². The first-order chi connectivity index (χ1) is 13.5. The molecule has 2 aromatic carbocycles. The quantitative estimate of drug-likeness (QED) is 0.732. The van der Waals surface area contributed by atoms with Crippen LogP contribution in [0, 0.1) is 11.6 Å². The normalized spacial score (nSPS) is 16.6. The van der Waals surface area contributed by atoms with E-state index in [1.165, 1.54) is 24.3 Å². The van der Waals surface area contributed by atoms with Crippen molar-refractivity contribution < 1.29 is 8.78 Å². The fourth-order valence-electron chi connectivity index (χ4n) is 3.93. The molecule has 1 fully saturated rings. The number of aromatic nitrogens is 2. The second-order valence-electron chi connectivity index (χ2n) is 7.38. The van der Waals surface area contributed by atoms with Crippen LogP contribution in [0.1, 0.15) is 13.3 Å². The van der Waals surface area contributed by atoms with Gasteiger partial charge in [-0.25, -0.2) is 13.6 Å². The van der Waals surface area contributed by atoms with Crippen LogP contribution in [0.2, 0.25) is 0 Å². The number of imidazole rings is 1. The number of H-pyrrole nitrogens is 1. The van der Waals surface area contributed by atoms with Gasteiger partial charge in [0, 0.05) is 44.5 Å². The Kier molecular flexibility index (Phi) is 5.17. The Labute approximate surface area is 162 Å². The summed E-state index contributed by atoms with van der Waals surface area (Å²) < 4.78 is 28.1. The highest BCUT2D eigenvalue weighted by Crippen LogP contribution is 2.19. The van der Waals surface area contributed by atoms with E-state index < -0.39 is 0 Å². The molecular weight excluding hydrogens is 362 g/mol. The van der Waals surface area contributed by atoms with Crippen LogP contribution in [0.5, 0.6) is 0 Å². The van der Waals surface area contributed by atoms with Gasteiger partial charge in [-0.1, -0.05) is 0 Å². The molecule has 148 valence electrons. The van der Waals surface area contributed by atoms with E-state index in [0.717, 1.165) is 43.8 Å². The van der Waals surface area contributed by atoms with E-state index in [1.807, 2.05) is 12.1 Å². The van der Waals surface area contributed by atoms with Crippen molar-refractivity contribution >= 4 is 16.7 Å². The average Bonchev–Trinajstić information content (AvgIpc) is 3.01. The Morgan fingerprint density at radius 2 is 1.68 bits per heavy atom. The Hall–Kier alpha value is -2.67. The summed E-state index contributed by atoms with van der Waals surface area (Å²) in [5.41, 5.74) is 2.12. The molecule has 1 N–H and O–H groups in total. The van der Waals surface area contributed by atoms with Gasteiger partial charge in [-0.05, 0) is 55.8 Å². The molecule has 1 aliphatic rings. The smallest absolute Gasteiger partial charge is 0.326 e. The molecule has 0 amide bonds. The van der Waals surface area contributed by atoms with Crippen molar-refractivity contribution in [2.24, 2.45) is 0 Å². The van der Waals surface area contributed by atoms with Gasteiger partial charge in [0.05, 0.1) is 11.0 Å². The number of hydrogen-bond acceptors (Lipinski definition) is 3. The molecule has 1 aromatic heterocycles. The lowest BCUT2D eigenvalue weighted by Crippen LogP contribution is -2.49. The van der Waals surface area contributed by atoms with E-state index in [2.05, 4.69) is 21.7 Å². The summed E-state index contributed by atoms with van der Waals surface area (Å²) in [5, 5.41) is 0. The van der Waals surface area contributed by atoms with Crippen molar-refractivity contribution in [1.82, 2.24) is 14.5 Å². The summed E-state index contributed by atoms with van der Waals surface area (Å²) in [6.07, 6.45) is 0.834. The SMILES string of the molecule is CC(CCn1c(=O)[nH]c2cc(F)ccc21)N1CCN(c2ccc(F)cc2)CC1. The van der Waals surface area contributed by atoms with E-state index in [9.17, 15) is 13.6 Å². The van der Waals surface area contributed by atoms with E-state index in [0.29, 0.717) is 18.1 Å². The van der Waals surface area contributed by atoms with Crippen LogP contribution >= 0.6 is 0 Å². The van der Waals surface area contributed by atoms with Gasteiger partial charge in [0.1, 0.15) is 11.6 Å². The molecule has 1 aliphatic heterocycles. The Morgan fingerprint density at radius 3 is 2.39 bits per heavy atom. The van der Waals surface area contributed by atoms with Crippen LogP contribution in [0.3, 0.4) is 0 Å². The van der Waals surface area contributed by atoms with Gasteiger partial charge in [-0.3, -0.25) is 9.47 Å². The zero-order valence-corrected chi connectivity index (χ0v) is 15.9. The number of hydrogen-bond donors (Lipinski definition) is 1. The highest BCUT2D eigenvalue weighted by molar-refractivity contribution is 5.75. The fourth-order valence-corrected chi connectivity index (χ4v) is 3.93. The van der Waals surface area contributed by atoms with E-state index in [-0.39, 0.29) is 17.3 Å². The molecule has 3 aromatic rings. The lowest BCUT2D eigenvalue weighted by Gasteiger charge is -2.39. The number of aromatic amines is 1. The first kappa shape index (κ1) is 18.7. The molecule has 1 unspecified atom stereocenters. The topological polar surface area (TPSA) is 44.3 Å². The third-order valence-corrected chi connectivity index (χ3v) is 5.64. The van der Waals surface area contributed by atoms with Crippen LogP contribution < -0.4 is 10.6 Å². The molecule has 0 bridgehead atoms. The maximum absolute atomic E-state index is 13.3. The zero-order chi connectivity index (χ0) is 19.7. The molecule has 4 rings (SSSR count). The van der Waals surface area contributed by atoms with Gasteiger partial charge < -0.3 is 9.88 Å². The zero-order valence-electron chi connectivity index (χ0n) is 15.9. The Balaban J connectivity index is 1.35. The van der Waals surface area contributed by atoms with Crippen molar-refractivity contribution in [3.05, 3.63) is 64.6 Å². The lowest BCUT2D eigenvalue weighted by molar-refractivity contribution is 0.184. The van der Waals surface area contributed by atoms with Gasteiger partial charge in [0.15, 0.2) is 0 Å². The number of aryl methyl sites for hydroxylation is 1. The monoisotopic (exact) mass is 386 g/mol. The Bertz CT molecular complexity index is 1000. The van der Waals surface area contributed by atoms with Gasteiger partial charge in [-0.15, -0.1) is 0 Å². The number of benzene rings is 2. The minimum atomic E-state index is -0.353. The van der Waals surface area contributed by atoms with Crippen molar-refractivity contribution in [1.29, 1.82) is 0 Å². The molecule has 7 heteroatoms. The number of fused-ring (bicyclic) bond motifs is 1. The molecule has 1 atom stereocenters. The third-order valence-electron chi connectivity index (χ3n) is 5.64. The summed E-state index contributed by atoms with van der Waals surface area (Å²) in [7, 11) is 0. The number of piperazine rings is 1. The maximum atomic E-state index is 13.3. The predicted octanol–water partition coefficient (Wildman–Crippen LogP) is 3.21. The summed E-state index contributed by atoms with van der Waals surface area (Å²) >= 11 is 0. The summed E-state index contributed by atoms with van der Waals surface area (Å²) in [6.45, 7) is 6.39. The number of nitrogens with zero attached hydrogens (tertiary/aromatic N) is 3. The van der Waals surface area contributed by atoms with Gasteiger partial charge >= 0.3 is 5.69 Å². The highest BCUT2D eigenvalue weighted by Gasteiger charge is 2.21. The second kappa shape index (κ2) is 7.75. The van der Waals surface area contributed by atoms with Crippen LogP contribution in [0.15, 0.2) is 47.3 Å². The highest BCUT2D eigenvalue weighted by atomic mass is 19.1. The fraction of sp³-hybridized carbons (Fsp3) is 0.381. The standard InChI is InChI=1S/C21H24F2N4O/c1-15(8-9-27-20-7-4-17(23)14-19(20)24-21(27)28)25-10-12-26(13-11-25)18-5-2-16(22)3-6-18/h2-7,14-15H,8-13H2,1H3,(H,24,28). The number of anilines is 1. The average molecular weight is 386 g/mol. The first-order valence-electron chi connectivity index (χ1n) is 9.64. The minimum Gasteiger partial charge on any atom is -0.369 e. The molecule has 0 saturated carbocycles. The van der Waals surface area contributed by atoms with Crippen LogP contribution in [0.25, 0.3) is 11.0 Å². The van der Waals surface area contributed by atoms with Gasteiger partial charge in [0.25, 0.3) is 0 Å². The summed E-state index contributed by atoms with van der Waals surface area (Å²) in [4.78, 5) is 19.6. The molecule has 2 heterocycles. The minimum absolute atomic E-state index is 0.200. The number of nitrogens with one attached hydrogen (secondary N) is 1. The molecule has 5 nitrogen and oxygen atoms in total. The molecule has 1 saturated heterocycles. The molecule has 0 aliphatic carbocycles. The third kappa shape index (κ3) is 3.80. The number of rotatable bonds is 5. The van der Waals surface area contributed by atoms with Gasteiger partial charge in [0.2, 0.25) is 0 Å². The van der Waals surface area contributed by atoms with E-state index in [1.54, 1.807) is 10.6 Å². The summed E-state index contributed by atoms with van der Waals surface area (Å²) in [6, 6.07) is 11.3.